The number of rotatable bonds is 6. The maximum Gasteiger partial charge on any atom is 0.0426 e. The summed E-state index contributed by atoms with van der Waals surface area (Å²) in [7, 11) is 0. The van der Waals surface area contributed by atoms with Crippen molar-refractivity contribution >= 4 is 23.0 Å². The lowest BCUT2D eigenvalue weighted by Crippen LogP contribution is -2.09. The summed E-state index contributed by atoms with van der Waals surface area (Å²) in [5.74, 6) is 0. The maximum atomic E-state index is 5.93. The van der Waals surface area contributed by atoms with Gasteiger partial charge in [-0.2, -0.15) is 0 Å². The highest BCUT2D eigenvalue weighted by Gasteiger charge is 1.94. The van der Waals surface area contributed by atoms with Crippen molar-refractivity contribution in [3.05, 3.63) is 59.1 Å². The standard InChI is InChI=1S/C16H19ClN2/c1-13-6-8-15(9-7-13)18-10-3-11-19-16-5-2-4-14(17)12-16/h2,4-9,12,18-19H,3,10-11H2,1H3. The number of anilines is 2. The predicted octanol–water partition coefficient (Wildman–Crippen LogP) is 4.56. The van der Waals surface area contributed by atoms with Gasteiger partial charge in [-0.1, -0.05) is 35.4 Å². The third kappa shape index (κ3) is 4.84. The second kappa shape index (κ2) is 7.05. The van der Waals surface area contributed by atoms with Crippen molar-refractivity contribution < 1.29 is 0 Å². The highest BCUT2D eigenvalue weighted by atomic mass is 35.5. The zero-order valence-electron chi connectivity index (χ0n) is 11.1. The highest BCUT2D eigenvalue weighted by molar-refractivity contribution is 6.30. The van der Waals surface area contributed by atoms with Gasteiger partial charge < -0.3 is 10.6 Å². The van der Waals surface area contributed by atoms with Crippen molar-refractivity contribution in [2.45, 2.75) is 13.3 Å². The Hall–Kier alpha value is -1.67. The molecule has 0 bridgehead atoms. The number of benzene rings is 2. The van der Waals surface area contributed by atoms with E-state index in [0.29, 0.717) is 0 Å². The molecule has 0 heterocycles. The molecule has 0 atom stereocenters. The normalized spacial score (nSPS) is 10.2. The smallest absolute Gasteiger partial charge is 0.0426 e. The van der Waals surface area contributed by atoms with Crippen LogP contribution in [0.15, 0.2) is 48.5 Å². The van der Waals surface area contributed by atoms with Crippen LogP contribution in [0.5, 0.6) is 0 Å². The van der Waals surface area contributed by atoms with Gasteiger partial charge in [0.25, 0.3) is 0 Å². The van der Waals surface area contributed by atoms with Crippen LogP contribution in [0, 0.1) is 6.92 Å². The fourth-order valence-corrected chi connectivity index (χ4v) is 2.01. The van der Waals surface area contributed by atoms with Gasteiger partial charge in [-0.3, -0.25) is 0 Å². The maximum absolute atomic E-state index is 5.93. The van der Waals surface area contributed by atoms with E-state index in [1.54, 1.807) is 0 Å². The molecule has 2 aromatic rings. The third-order valence-corrected chi connectivity index (χ3v) is 3.12. The SMILES string of the molecule is Cc1ccc(NCCCNc2cccc(Cl)c2)cc1. The molecular formula is C16H19ClN2. The molecule has 0 aromatic heterocycles. The molecule has 0 aliphatic rings. The average Bonchev–Trinajstić information content (AvgIpc) is 2.41. The lowest BCUT2D eigenvalue weighted by Gasteiger charge is -2.09. The Labute approximate surface area is 119 Å². The Morgan fingerprint density at radius 3 is 2.26 bits per heavy atom. The van der Waals surface area contributed by atoms with Crippen LogP contribution in [0.4, 0.5) is 11.4 Å². The lowest BCUT2D eigenvalue weighted by atomic mass is 10.2. The molecule has 0 spiro atoms. The Morgan fingerprint density at radius 2 is 1.58 bits per heavy atom. The van der Waals surface area contributed by atoms with Gasteiger partial charge in [-0.05, 0) is 43.7 Å². The van der Waals surface area contributed by atoms with Crippen LogP contribution in [0.1, 0.15) is 12.0 Å². The van der Waals surface area contributed by atoms with Crippen LogP contribution >= 0.6 is 11.6 Å². The number of nitrogens with one attached hydrogen (secondary N) is 2. The molecule has 2 N–H and O–H groups in total. The van der Waals surface area contributed by atoms with Crippen molar-refractivity contribution in [2.75, 3.05) is 23.7 Å². The fraction of sp³-hybridized carbons (Fsp3) is 0.250. The quantitative estimate of drug-likeness (QED) is 0.755. The average molecular weight is 275 g/mol. The van der Waals surface area contributed by atoms with E-state index in [4.69, 9.17) is 11.6 Å². The van der Waals surface area contributed by atoms with E-state index >= 15 is 0 Å². The molecule has 0 fully saturated rings. The Bertz CT molecular complexity index is 508. The van der Waals surface area contributed by atoms with Crippen molar-refractivity contribution in [1.29, 1.82) is 0 Å². The van der Waals surface area contributed by atoms with Crippen molar-refractivity contribution in [3.8, 4) is 0 Å². The van der Waals surface area contributed by atoms with Crippen LogP contribution in [0.2, 0.25) is 5.02 Å². The second-order valence-corrected chi connectivity index (χ2v) is 5.02. The minimum Gasteiger partial charge on any atom is -0.385 e. The summed E-state index contributed by atoms with van der Waals surface area (Å²) in [5, 5.41) is 7.53. The van der Waals surface area contributed by atoms with Crippen LogP contribution in [-0.4, -0.2) is 13.1 Å². The molecule has 100 valence electrons. The number of hydrogen-bond donors (Lipinski definition) is 2. The topological polar surface area (TPSA) is 24.1 Å². The first kappa shape index (κ1) is 13.8. The molecule has 0 saturated carbocycles. The van der Waals surface area contributed by atoms with Gasteiger partial charge in [-0.15, -0.1) is 0 Å². The third-order valence-electron chi connectivity index (χ3n) is 2.89. The summed E-state index contributed by atoms with van der Waals surface area (Å²) in [6.45, 7) is 3.98. The first-order valence-electron chi connectivity index (χ1n) is 6.54. The second-order valence-electron chi connectivity index (χ2n) is 4.58. The van der Waals surface area contributed by atoms with Gasteiger partial charge in [0.2, 0.25) is 0 Å². The lowest BCUT2D eigenvalue weighted by molar-refractivity contribution is 0.909. The van der Waals surface area contributed by atoms with Gasteiger partial charge >= 0.3 is 0 Å². The van der Waals surface area contributed by atoms with Gasteiger partial charge in [0.1, 0.15) is 0 Å². The molecule has 0 aliphatic heterocycles. The monoisotopic (exact) mass is 274 g/mol. The van der Waals surface area contributed by atoms with Crippen molar-refractivity contribution in [1.82, 2.24) is 0 Å². The summed E-state index contributed by atoms with van der Waals surface area (Å²) in [6.07, 6.45) is 1.06. The zero-order chi connectivity index (χ0) is 13.5. The van der Waals surface area contributed by atoms with Crippen LogP contribution < -0.4 is 10.6 Å². The van der Waals surface area contributed by atoms with Gasteiger partial charge in [0.15, 0.2) is 0 Å². The van der Waals surface area contributed by atoms with Crippen LogP contribution in [0.3, 0.4) is 0 Å². The van der Waals surface area contributed by atoms with Crippen LogP contribution in [0.25, 0.3) is 0 Å². The van der Waals surface area contributed by atoms with E-state index < -0.39 is 0 Å². The highest BCUT2D eigenvalue weighted by Crippen LogP contribution is 2.14. The van der Waals surface area contributed by atoms with E-state index in [1.165, 1.54) is 11.3 Å². The molecule has 2 nitrogen and oxygen atoms in total. The Morgan fingerprint density at radius 1 is 0.895 bits per heavy atom. The van der Waals surface area contributed by atoms with Crippen molar-refractivity contribution in [3.63, 3.8) is 0 Å². The molecule has 0 amide bonds. The van der Waals surface area contributed by atoms with Gasteiger partial charge in [0, 0.05) is 29.5 Å². The predicted molar refractivity (Wildman–Crippen MR) is 84.2 cm³/mol. The molecule has 2 aromatic carbocycles. The minimum absolute atomic E-state index is 0.766. The molecule has 0 aliphatic carbocycles. The number of hydrogen-bond acceptors (Lipinski definition) is 2. The summed E-state index contributed by atoms with van der Waals surface area (Å²) >= 11 is 5.93. The van der Waals surface area contributed by atoms with E-state index in [1.807, 2.05) is 24.3 Å². The molecule has 19 heavy (non-hydrogen) atoms. The Kier molecular flexibility index (Phi) is 5.10. The molecule has 0 saturated heterocycles. The molecule has 0 unspecified atom stereocenters. The van der Waals surface area contributed by atoms with Gasteiger partial charge in [0.05, 0.1) is 0 Å². The number of halogens is 1. The van der Waals surface area contributed by atoms with E-state index in [9.17, 15) is 0 Å². The van der Waals surface area contributed by atoms with E-state index in [-0.39, 0.29) is 0 Å². The van der Waals surface area contributed by atoms with E-state index in [2.05, 4.69) is 41.8 Å². The summed E-state index contributed by atoms with van der Waals surface area (Å²) < 4.78 is 0. The minimum atomic E-state index is 0.766. The first-order valence-corrected chi connectivity index (χ1v) is 6.92. The summed E-state index contributed by atoms with van der Waals surface area (Å²) in [4.78, 5) is 0. The van der Waals surface area contributed by atoms with Gasteiger partial charge in [-0.25, -0.2) is 0 Å². The summed E-state index contributed by atoms with van der Waals surface area (Å²) in [5.41, 5.74) is 3.53. The van der Waals surface area contributed by atoms with Crippen molar-refractivity contribution in [2.24, 2.45) is 0 Å². The first-order chi connectivity index (χ1) is 9.24. The molecular weight excluding hydrogens is 256 g/mol. The fourth-order valence-electron chi connectivity index (χ4n) is 1.82. The van der Waals surface area contributed by atoms with E-state index in [0.717, 1.165) is 30.2 Å². The van der Waals surface area contributed by atoms with Crippen LogP contribution in [-0.2, 0) is 0 Å². The Balaban J connectivity index is 1.66. The molecule has 0 radical (unpaired) electrons. The molecule has 3 heteroatoms. The largest absolute Gasteiger partial charge is 0.385 e. The zero-order valence-corrected chi connectivity index (χ0v) is 11.9. The summed E-state index contributed by atoms with van der Waals surface area (Å²) in [6, 6.07) is 16.3. The molecule has 2 rings (SSSR count). The number of aryl methyl sites for hydroxylation is 1.